The molecule has 3 rings (SSSR count). The number of benzene rings is 2. The standard InChI is InChI=1S/C23H30FN5O/c1-18-8-9-19(16-21(18)24)17-27-23(25-2)26-11-10-22(30)29-14-12-28(13-15-29)20-6-4-3-5-7-20/h3-9,16H,10-15,17H2,1-2H3,(H2,25,26,27). The number of nitrogens with zero attached hydrogens (tertiary/aromatic N) is 3. The second-order valence-corrected chi connectivity index (χ2v) is 7.39. The number of carbonyl (C=O) groups is 1. The van der Waals surface area contributed by atoms with Crippen LogP contribution in [0, 0.1) is 12.7 Å². The molecule has 2 aromatic rings. The number of nitrogens with one attached hydrogen (secondary N) is 2. The first kappa shape index (κ1) is 21.6. The lowest BCUT2D eigenvalue weighted by molar-refractivity contribution is -0.131. The molecule has 0 atom stereocenters. The van der Waals surface area contributed by atoms with E-state index in [1.807, 2.05) is 29.2 Å². The van der Waals surface area contributed by atoms with Crippen LogP contribution in [0.3, 0.4) is 0 Å². The van der Waals surface area contributed by atoms with E-state index in [0.717, 1.165) is 31.7 Å². The molecule has 1 amide bonds. The Hall–Kier alpha value is -3.09. The average Bonchev–Trinajstić information content (AvgIpc) is 2.79. The summed E-state index contributed by atoms with van der Waals surface area (Å²) in [6.07, 6.45) is 0.408. The molecule has 0 saturated carbocycles. The van der Waals surface area contributed by atoms with Crippen molar-refractivity contribution in [2.45, 2.75) is 19.9 Å². The molecule has 30 heavy (non-hydrogen) atoms. The fourth-order valence-corrected chi connectivity index (χ4v) is 3.45. The lowest BCUT2D eigenvalue weighted by Gasteiger charge is -2.36. The quantitative estimate of drug-likeness (QED) is 0.567. The van der Waals surface area contributed by atoms with Crippen molar-refractivity contribution in [1.29, 1.82) is 0 Å². The van der Waals surface area contributed by atoms with Gasteiger partial charge in [-0.2, -0.15) is 0 Å². The van der Waals surface area contributed by atoms with Gasteiger partial charge in [0, 0.05) is 58.4 Å². The molecule has 1 saturated heterocycles. The van der Waals surface area contributed by atoms with E-state index in [4.69, 9.17) is 0 Å². The largest absolute Gasteiger partial charge is 0.368 e. The molecule has 0 aliphatic carbocycles. The van der Waals surface area contributed by atoms with Gasteiger partial charge in [-0.1, -0.05) is 30.3 Å². The van der Waals surface area contributed by atoms with Crippen molar-refractivity contribution < 1.29 is 9.18 Å². The van der Waals surface area contributed by atoms with Crippen LogP contribution in [-0.2, 0) is 11.3 Å². The fourth-order valence-electron chi connectivity index (χ4n) is 3.45. The van der Waals surface area contributed by atoms with Crippen molar-refractivity contribution in [1.82, 2.24) is 15.5 Å². The van der Waals surface area contributed by atoms with Gasteiger partial charge in [-0.3, -0.25) is 9.79 Å². The number of rotatable bonds is 6. The molecule has 0 unspecified atom stereocenters. The van der Waals surface area contributed by atoms with Crippen molar-refractivity contribution >= 4 is 17.6 Å². The average molecular weight is 412 g/mol. The van der Waals surface area contributed by atoms with Crippen LogP contribution < -0.4 is 15.5 Å². The van der Waals surface area contributed by atoms with Crippen LogP contribution in [0.4, 0.5) is 10.1 Å². The molecule has 2 N–H and O–H groups in total. The molecule has 160 valence electrons. The van der Waals surface area contributed by atoms with Crippen molar-refractivity contribution in [3.8, 4) is 0 Å². The van der Waals surface area contributed by atoms with Crippen LogP contribution in [0.1, 0.15) is 17.5 Å². The zero-order valence-electron chi connectivity index (χ0n) is 17.7. The second-order valence-electron chi connectivity index (χ2n) is 7.39. The third-order valence-corrected chi connectivity index (χ3v) is 5.30. The highest BCUT2D eigenvalue weighted by Gasteiger charge is 2.20. The maximum atomic E-state index is 13.7. The van der Waals surface area contributed by atoms with E-state index in [1.54, 1.807) is 20.0 Å². The summed E-state index contributed by atoms with van der Waals surface area (Å²) in [6.45, 7) is 5.87. The molecule has 0 bridgehead atoms. The maximum absolute atomic E-state index is 13.7. The molecular weight excluding hydrogens is 381 g/mol. The molecule has 0 spiro atoms. The van der Waals surface area contributed by atoms with Gasteiger partial charge < -0.3 is 20.4 Å². The van der Waals surface area contributed by atoms with E-state index in [2.05, 4.69) is 32.7 Å². The lowest BCUT2D eigenvalue weighted by Crippen LogP contribution is -2.49. The SMILES string of the molecule is CN=C(NCCC(=O)N1CCN(c2ccccc2)CC1)NCc1ccc(C)c(F)c1. The van der Waals surface area contributed by atoms with Crippen LogP contribution in [0.25, 0.3) is 0 Å². The molecular formula is C23H30FN5O. The first-order chi connectivity index (χ1) is 14.6. The van der Waals surface area contributed by atoms with Gasteiger partial charge >= 0.3 is 0 Å². The molecule has 6 nitrogen and oxygen atoms in total. The fraction of sp³-hybridized carbons (Fsp3) is 0.391. The van der Waals surface area contributed by atoms with Gasteiger partial charge in [-0.05, 0) is 36.2 Å². The van der Waals surface area contributed by atoms with Gasteiger partial charge in [-0.25, -0.2) is 4.39 Å². The van der Waals surface area contributed by atoms with Crippen molar-refractivity contribution in [3.05, 3.63) is 65.5 Å². The van der Waals surface area contributed by atoms with Gasteiger partial charge in [0.25, 0.3) is 0 Å². The smallest absolute Gasteiger partial charge is 0.224 e. The zero-order valence-corrected chi connectivity index (χ0v) is 17.7. The number of para-hydroxylation sites is 1. The summed E-state index contributed by atoms with van der Waals surface area (Å²) in [5.74, 6) is 0.527. The van der Waals surface area contributed by atoms with E-state index >= 15 is 0 Å². The highest BCUT2D eigenvalue weighted by atomic mass is 19.1. The summed E-state index contributed by atoms with van der Waals surface area (Å²) in [5.41, 5.74) is 2.67. The summed E-state index contributed by atoms with van der Waals surface area (Å²) in [6, 6.07) is 15.5. The normalized spacial score (nSPS) is 14.6. The number of piperazine rings is 1. The number of halogens is 1. The number of anilines is 1. The number of guanidine groups is 1. The van der Waals surface area contributed by atoms with Gasteiger partial charge in [-0.15, -0.1) is 0 Å². The van der Waals surface area contributed by atoms with Gasteiger partial charge in [0.05, 0.1) is 0 Å². The molecule has 7 heteroatoms. The number of carbonyl (C=O) groups excluding carboxylic acids is 1. The summed E-state index contributed by atoms with van der Waals surface area (Å²) in [4.78, 5) is 20.9. The number of amides is 1. The Kier molecular flexibility index (Phi) is 7.65. The number of hydrogen-bond donors (Lipinski definition) is 2. The van der Waals surface area contributed by atoms with Crippen LogP contribution in [0.5, 0.6) is 0 Å². The molecule has 1 aliphatic heterocycles. The number of aryl methyl sites for hydroxylation is 1. The first-order valence-corrected chi connectivity index (χ1v) is 10.3. The Morgan fingerprint density at radius 1 is 1.07 bits per heavy atom. The molecule has 0 aromatic heterocycles. The van der Waals surface area contributed by atoms with Crippen LogP contribution in [0.2, 0.25) is 0 Å². The van der Waals surface area contributed by atoms with Crippen molar-refractivity contribution in [3.63, 3.8) is 0 Å². The van der Waals surface area contributed by atoms with Crippen LogP contribution in [-0.4, -0.2) is 56.5 Å². The highest BCUT2D eigenvalue weighted by molar-refractivity contribution is 5.81. The topological polar surface area (TPSA) is 60.0 Å². The van der Waals surface area contributed by atoms with Crippen molar-refractivity contribution in [2.24, 2.45) is 4.99 Å². The van der Waals surface area contributed by atoms with E-state index in [9.17, 15) is 9.18 Å². The van der Waals surface area contributed by atoms with Crippen molar-refractivity contribution in [2.75, 3.05) is 44.7 Å². The molecule has 1 aliphatic rings. The predicted molar refractivity (Wildman–Crippen MR) is 119 cm³/mol. The summed E-state index contributed by atoms with van der Waals surface area (Å²) in [7, 11) is 1.68. The zero-order chi connectivity index (χ0) is 21.3. The third-order valence-electron chi connectivity index (χ3n) is 5.30. The Bertz CT molecular complexity index is 863. The molecule has 1 fully saturated rings. The third kappa shape index (κ3) is 5.95. The maximum Gasteiger partial charge on any atom is 0.224 e. The molecule has 2 aromatic carbocycles. The number of hydrogen-bond acceptors (Lipinski definition) is 3. The molecule has 0 radical (unpaired) electrons. The minimum Gasteiger partial charge on any atom is -0.368 e. The minimum absolute atomic E-state index is 0.145. The van der Waals surface area contributed by atoms with Crippen LogP contribution in [0.15, 0.2) is 53.5 Å². The first-order valence-electron chi connectivity index (χ1n) is 10.3. The van der Waals surface area contributed by atoms with E-state index < -0.39 is 0 Å². The van der Waals surface area contributed by atoms with E-state index in [-0.39, 0.29) is 11.7 Å². The molecule has 1 heterocycles. The van der Waals surface area contributed by atoms with Gasteiger partial charge in [0.2, 0.25) is 5.91 Å². The monoisotopic (exact) mass is 411 g/mol. The van der Waals surface area contributed by atoms with Gasteiger partial charge in [0.15, 0.2) is 5.96 Å². The second kappa shape index (κ2) is 10.6. The van der Waals surface area contributed by atoms with Gasteiger partial charge in [0.1, 0.15) is 5.82 Å². The van der Waals surface area contributed by atoms with Crippen LogP contribution >= 0.6 is 0 Å². The Morgan fingerprint density at radius 3 is 2.47 bits per heavy atom. The Balaban J connectivity index is 1.37. The predicted octanol–water partition coefficient (Wildman–Crippen LogP) is 2.54. The summed E-state index contributed by atoms with van der Waals surface area (Å²) < 4.78 is 13.7. The van der Waals surface area contributed by atoms with E-state index in [0.29, 0.717) is 31.0 Å². The number of aliphatic imine (C=N–C) groups is 1. The Labute approximate surface area is 177 Å². The lowest BCUT2D eigenvalue weighted by atomic mass is 10.1. The highest BCUT2D eigenvalue weighted by Crippen LogP contribution is 2.15. The Morgan fingerprint density at radius 2 is 1.80 bits per heavy atom. The minimum atomic E-state index is -0.213. The van der Waals surface area contributed by atoms with E-state index in [1.165, 1.54) is 11.8 Å². The summed E-state index contributed by atoms with van der Waals surface area (Å²) >= 11 is 0. The summed E-state index contributed by atoms with van der Waals surface area (Å²) in [5, 5.41) is 6.31.